The number of fused-ring (bicyclic) bond motifs is 1. The normalized spacial score (nSPS) is 20.9. The molecule has 1 aliphatic heterocycles. The zero-order valence-electron chi connectivity index (χ0n) is 25.7. The minimum atomic E-state index is -0.867. The molecule has 0 bridgehead atoms. The fraction of sp³-hybridized carbons (Fsp3) is 0.351. The van der Waals surface area contributed by atoms with Crippen molar-refractivity contribution in [3.63, 3.8) is 0 Å². The van der Waals surface area contributed by atoms with E-state index in [1.54, 1.807) is 24.3 Å². The Morgan fingerprint density at radius 2 is 1.71 bits per heavy atom. The summed E-state index contributed by atoms with van der Waals surface area (Å²) in [5, 5.41) is 35.7. The van der Waals surface area contributed by atoms with E-state index in [1.807, 2.05) is 55.5 Å². The second-order valence-electron chi connectivity index (χ2n) is 11.9. The predicted octanol–water partition coefficient (Wildman–Crippen LogP) is 7.64. The first-order valence-electron chi connectivity index (χ1n) is 15.7. The molecule has 0 aromatic heterocycles. The zero-order valence-corrected chi connectivity index (χ0v) is 26.5. The Balaban J connectivity index is 1.34. The van der Waals surface area contributed by atoms with Gasteiger partial charge in [-0.2, -0.15) is 0 Å². The number of carbonyl (C=O) groups is 2. The van der Waals surface area contributed by atoms with E-state index in [0.29, 0.717) is 42.0 Å². The van der Waals surface area contributed by atoms with E-state index in [9.17, 15) is 24.9 Å². The Morgan fingerprint density at radius 1 is 1.00 bits per heavy atom. The van der Waals surface area contributed by atoms with E-state index in [2.05, 4.69) is 12.2 Å². The SMILES string of the molecule is CCC/C(=C\c1ccc(O)cc1Cl)CC[C@@H](O)C1=C(CC)C[C@H]2C(=O)N(c3ccc(Nc4ccccc4)cc3)C(=O)[C@H]2[C@H]1CO. The van der Waals surface area contributed by atoms with Crippen LogP contribution < -0.4 is 10.2 Å². The number of hydrogen-bond acceptors (Lipinski definition) is 6. The maximum absolute atomic E-state index is 13.9. The van der Waals surface area contributed by atoms with Crippen LogP contribution in [0.3, 0.4) is 0 Å². The van der Waals surface area contributed by atoms with Gasteiger partial charge in [-0.05, 0) is 97.8 Å². The number of hydrogen-bond donors (Lipinski definition) is 4. The van der Waals surface area contributed by atoms with E-state index < -0.39 is 23.9 Å². The van der Waals surface area contributed by atoms with Crippen LogP contribution in [0.4, 0.5) is 17.1 Å². The molecule has 2 amide bonds. The Bertz CT molecular complexity index is 1580. The van der Waals surface area contributed by atoms with Gasteiger partial charge in [0, 0.05) is 17.3 Å². The molecule has 1 heterocycles. The molecule has 1 aliphatic carbocycles. The lowest BCUT2D eigenvalue weighted by atomic mass is 9.67. The monoisotopic (exact) mass is 628 g/mol. The molecule has 3 aromatic rings. The summed E-state index contributed by atoms with van der Waals surface area (Å²) in [6, 6.07) is 21.8. The van der Waals surface area contributed by atoms with Crippen molar-refractivity contribution in [2.75, 3.05) is 16.8 Å². The number of benzene rings is 3. The lowest BCUT2D eigenvalue weighted by Gasteiger charge is -2.36. The summed E-state index contributed by atoms with van der Waals surface area (Å²) in [6.45, 7) is 3.75. The van der Waals surface area contributed by atoms with Crippen LogP contribution in [0, 0.1) is 17.8 Å². The van der Waals surface area contributed by atoms with Crippen molar-refractivity contribution in [3.05, 3.63) is 100 Å². The number of amides is 2. The van der Waals surface area contributed by atoms with E-state index in [1.165, 1.54) is 11.0 Å². The highest BCUT2D eigenvalue weighted by Crippen LogP contribution is 2.48. The van der Waals surface area contributed by atoms with Crippen LogP contribution in [0.1, 0.15) is 57.9 Å². The van der Waals surface area contributed by atoms with Crippen LogP contribution in [-0.2, 0) is 9.59 Å². The molecule has 5 rings (SSSR count). The Labute approximate surface area is 269 Å². The van der Waals surface area contributed by atoms with Crippen molar-refractivity contribution in [2.45, 2.75) is 58.5 Å². The highest BCUT2D eigenvalue weighted by Gasteiger charge is 2.55. The average Bonchev–Trinajstić information content (AvgIpc) is 3.29. The highest BCUT2D eigenvalue weighted by atomic mass is 35.5. The maximum Gasteiger partial charge on any atom is 0.238 e. The first-order valence-corrected chi connectivity index (χ1v) is 16.1. The van der Waals surface area contributed by atoms with Crippen molar-refractivity contribution in [3.8, 4) is 5.75 Å². The van der Waals surface area contributed by atoms with Gasteiger partial charge < -0.3 is 20.6 Å². The summed E-state index contributed by atoms with van der Waals surface area (Å²) in [6.07, 6.45) is 4.89. The molecule has 7 nitrogen and oxygen atoms in total. The quantitative estimate of drug-likeness (QED) is 0.121. The topological polar surface area (TPSA) is 110 Å². The molecular weight excluding hydrogens is 588 g/mol. The number of carbonyl (C=O) groups excluding carboxylic acids is 2. The van der Waals surface area contributed by atoms with Crippen molar-refractivity contribution >= 4 is 46.6 Å². The van der Waals surface area contributed by atoms with Gasteiger partial charge in [-0.1, -0.05) is 67.3 Å². The number of phenolic OH excluding ortho intramolecular Hbond substituents is 1. The van der Waals surface area contributed by atoms with E-state index in [0.717, 1.165) is 40.9 Å². The third-order valence-corrected chi connectivity index (χ3v) is 9.34. The number of allylic oxidation sites excluding steroid dienone is 2. The molecule has 4 N–H and O–H groups in total. The molecule has 0 unspecified atom stereocenters. The standard InChI is InChI=1S/C37H41ClN2O5/c1-3-8-23(19-25-12-17-29(42)21-32(25)38)11-18-33(43)34-24(4-2)20-30-35(31(34)22-41)37(45)40(36(30)44)28-15-13-27(14-16-28)39-26-9-6-5-7-10-26/h5-7,9-10,12-17,19,21,30-31,33,35,39,41-43H,3-4,8,11,18,20,22H2,1-2H3/b23-19+/t30-,31+,33-,35-/m1/s1. The van der Waals surface area contributed by atoms with E-state index >= 15 is 0 Å². The van der Waals surface area contributed by atoms with Gasteiger partial charge >= 0.3 is 0 Å². The summed E-state index contributed by atoms with van der Waals surface area (Å²) >= 11 is 6.35. The number of para-hydroxylation sites is 1. The second kappa shape index (κ2) is 14.5. The lowest BCUT2D eigenvalue weighted by molar-refractivity contribution is -0.123. The van der Waals surface area contributed by atoms with Crippen molar-refractivity contribution < 1.29 is 24.9 Å². The summed E-state index contributed by atoms with van der Waals surface area (Å²) in [5.74, 6) is -2.43. The Hall–Kier alpha value is -3.91. The van der Waals surface area contributed by atoms with Gasteiger partial charge in [-0.3, -0.25) is 14.5 Å². The first kappa shape index (κ1) is 32.5. The second-order valence-corrected chi connectivity index (χ2v) is 12.3. The van der Waals surface area contributed by atoms with Crippen molar-refractivity contribution in [1.82, 2.24) is 0 Å². The number of phenols is 1. The summed E-state index contributed by atoms with van der Waals surface area (Å²) in [4.78, 5) is 28.9. The summed E-state index contributed by atoms with van der Waals surface area (Å²) in [5.41, 5.74) is 5.81. The minimum Gasteiger partial charge on any atom is -0.508 e. The molecule has 45 heavy (non-hydrogen) atoms. The number of nitrogens with zero attached hydrogens (tertiary/aromatic N) is 1. The van der Waals surface area contributed by atoms with Crippen LogP contribution in [0.5, 0.6) is 5.75 Å². The lowest BCUT2D eigenvalue weighted by Crippen LogP contribution is -2.39. The predicted molar refractivity (Wildman–Crippen MR) is 179 cm³/mol. The molecule has 1 saturated heterocycles. The number of nitrogens with one attached hydrogen (secondary N) is 1. The first-order chi connectivity index (χ1) is 21.7. The van der Waals surface area contributed by atoms with Crippen LogP contribution >= 0.6 is 11.6 Å². The van der Waals surface area contributed by atoms with Gasteiger partial charge in [0.2, 0.25) is 11.8 Å². The zero-order chi connectivity index (χ0) is 32.1. The van der Waals surface area contributed by atoms with Gasteiger partial charge in [-0.25, -0.2) is 0 Å². The van der Waals surface area contributed by atoms with Crippen molar-refractivity contribution in [1.29, 1.82) is 0 Å². The number of anilines is 3. The van der Waals surface area contributed by atoms with Gasteiger partial charge in [-0.15, -0.1) is 0 Å². The Morgan fingerprint density at radius 3 is 2.36 bits per heavy atom. The van der Waals surface area contributed by atoms with E-state index in [-0.39, 0.29) is 24.2 Å². The number of halogens is 1. The van der Waals surface area contributed by atoms with Crippen molar-refractivity contribution in [2.24, 2.45) is 17.8 Å². The summed E-state index contributed by atoms with van der Waals surface area (Å²) < 4.78 is 0. The van der Waals surface area contributed by atoms with Crippen LogP contribution in [0.2, 0.25) is 5.02 Å². The number of aromatic hydroxyl groups is 1. The Kier molecular flexibility index (Phi) is 10.4. The summed E-state index contributed by atoms with van der Waals surface area (Å²) in [7, 11) is 0. The fourth-order valence-corrected chi connectivity index (χ4v) is 7.08. The number of aliphatic hydroxyl groups excluding tert-OH is 2. The van der Waals surface area contributed by atoms with Crippen LogP contribution in [-0.4, -0.2) is 39.8 Å². The average molecular weight is 629 g/mol. The van der Waals surface area contributed by atoms with Gasteiger partial charge in [0.15, 0.2) is 0 Å². The third kappa shape index (κ3) is 7.01. The fourth-order valence-electron chi connectivity index (χ4n) is 6.86. The third-order valence-electron chi connectivity index (χ3n) is 9.01. The molecular formula is C37H41ClN2O5. The largest absolute Gasteiger partial charge is 0.508 e. The van der Waals surface area contributed by atoms with Crippen LogP contribution in [0.15, 0.2) is 89.5 Å². The van der Waals surface area contributed by atoms with Crippen LogP contribution in [0.25, 0.3) is 6.08 Å². The maximum atomic E-state index is 13.9. The van der Waals surface area contributed by atoms with E-state index in [4.69, 9.17) is 11.6 Å². The molecule has 236 valence electrons. The number of aliphatic hydroxyl groups is 2. The number of rotatable bonds is 12. The van der Waals surface area contributed by atoms with Gasteiger partial charge in [0.25, 0.3) is 0 Å². The van der Waals surface area contributed by atoms with Gasteiger partial charge in [0.1, 0.15) is 5.75 Å². The molecule has 1 fully saturated rings. The molecule has 3 aromatic carbocycles. The smallest absolute Gasteiger partial charge is 0.238 e. The number of imide groups is 1. The highest BCUT2D eigenvalue weighted by molar-refractivity contribution is 6.32. The molecule has 0 spiro atoms. The molecule has 2 aliphatic rings. The molecule has 0 saturated carbocycles. The molecule has 8 heteroatoms. The van der Waals surface area contributed by atoms with Gasteiger partial charge in [0.05, 0.1) is 35.3 Å². The molecule has 0 radical (unpaired) electrons. The molecule has 4 atom stereocenters. The minimum absolute atomic E-state index is 0.102.